The quantitative estimate of drug-likeness (QED) is 0.300. The highest BCUT2D eigenvalue weighted by Crippen LogP contribution is 2.27. The first-order valence-electron chi connectivity index (χ1n) is 8.71. The fourth-order valence-corrected chi connectivity index (χ4v) is 3.10. The summed E-state index contributed by atoms with van der Waals surface area (Å²) in [4.78, 5) is 5.67. The topological polar surface area (TPSA) is 34.7 Å². The predicted octanol–water partition coefficient (Wildman–Crippen LogP) is 6.36. The maximum absolute atomic E-state index is 6.11. The van der Waals surface area contributed by atoms with Crippen LogP contribution in [-0.4, -0.2) is 5.71 Å². The molecule has 134 valence electrons. The van der Waals surface area contributed by atoms with Crippen LogP contribution in [0.2, 0.25) is 5.02 Å². The van der Waals surface area contributed by atoms with E-state index in [0.29, 0.717) is 17.3 Å². The van der Waals surface area contributed by atoms with Gasteiger partial charge in [0.15, 0.2) is 11.5 Å². The zero-order valence-electron chi connectivity index (χ0n) is 14.9. The highest BCUT2D eigenvalue weighted by atomic mass is 35.5. The van der Waals surface area contributed by atoms with E-state index in [1.807, 2.05) is 79.7 Å². The van der Waals surface area contributed by atoms with E-state index in [1.54, 1.807) is 0 Å². The SMILES string of the molecule is Cc1c(/C(=N/OCc2ccc(Cl)cc2)c2ccccc2)oc2ccccc12. The van der Waals surface area contributed by atoms with E-state index in [-0.39, 0.29) is 0 Å². The Morgan fingerprint density at radius 3 is 2.37 bits per heavy atom. The van der Waals surface area contributed by atoms with Crippen molar-refractivity contribution in [3.05, 3.63) is 106 Å². The highest BCUT2D eigenvalue weighted by Gasteiger charge is 2.18. The summed E-state index contributed by atoms with van der Waals surface area (Å²) in [7, 11) is 0. The second-order valence-corrected chi connectivity index (χ2v) is 6.69. The Labute approximate surface area is 162 Å². The van der Waals surface area contributed by atoms with Gasteiger partial charge in [-0.2, -0.15) is 0 Å². The minimum atomic E-state index is 0.354. The van der Waals surface area contributed by atoms with Crippen molar-refractivity contribution in [3.63, 3.8) is 0 Å². The molecule has 0 fully saturated rings. The van der Waals surface area contributed by atoms with Crippen LogP contribution in [0.15, 0.2) is 88.4 Å². The molecular formula is C23H18ClNO2. The molecule has 4 aromatic rings. The largest absolute Gasteiger partial charge is 0.454 e. The van der Waals surface area contributed by atoms with Crippen molar-refractivity contribution in [1.82, 2.24) is 0 Å². The molecule has 0 unspecified atom stereocenters. The molecule has 3 nitrogen and oxygen atoms in total. The van der Waals surface area contributed by atoms with Gasteiger partial charge in [-0.3, -0.25) is 0 Å². The molecule has 0 N–H and O–H groups in total. The number of hydrogen-bond donors (Lipinski definition) is 0. The standard InChI is InChI=1S/C23H18ClNO2/c1-16-20-9-5-6-10-21(20)27-23(16)22(18-7-3-2-4-8-18)25-26-15-17-11-13-19(24)14-12-17/h2-14H,15H2,1H3/b25-22+. The van der Waals surface area contributed by atoms with Crippen LogP contribution in [0.3, 0.4) is 0 Å². The van der Waals surface area contributed by atoms with Crippen LogP contribution in [0.5, 0.6) is 0 Å². The van der Waals surface area contributed by atoms with Gasteiger partial charge in [-0.05, 0) is 30.7 Å². The van der Waals surface area contributed by atoms with Crippen LogP contribution >= 0.6 is 11.6 Å². The summed E-state index contributed by atoms with van der Waals surface area (Å²) < 4.78 is 6.11. The number of aryl methyl sites for hydroxylation is 1. The van der Waals surface area contributed by atoms with Crippen LogP contribution in [-0.2, 0) is 11.4 Å². The molecule has 0 bridgehead atoms. The number of para-hydroxylation sites is 1. The fourth-order valence-electron chi connectivity index (χ4n) is 2.97. The maximum Gasteiger partial charge on any atom is 0.160 e. The third-order valence-corrected chi connectivity index (χ3v) is 4.66. The molecule has 0 saturated heterocycles. The second kappa shape index (κ2) is 7.68. The first-order valence-corrected chi connectivity index (χ1v) is 9.08. The van der Waals surface area contributed by atoms with E-state index in [4.69, 9.17) is 20.9 Å². The van der Waals surface area contributed by atoms with Crippen molar-refractivity contribution >= 4 is 28.3 Å². The van der Waals surface area contributed by atoms with E-state index in [1.165, 1.54) is 0 Å². The van der Waals surface area contributed by atoms with E-state index >= 15 is 0 Å². The average molecular weight is 376 g/mol. The molecule has 0 aliphatic heterocycles. The van der Waals surface area contributed by atoms with Gasteiger partial charge in [0, 0.05) is 21.5 Å². The summed E-state index contributed by atoms with van der Waals surface area (Å²) >= 11 is 5.93. The smallest absolute Gasteiger partial charge is 0.160 e. The molecule has 0 atom stereocenters. The number of nitrogens with zero attached hydrogens (tertiary/aromatic N) is 1. The molecule has 0 radical (unpaired) electrons. The molecule has 0 spiro atoms. The number of halogens is 1. The van der Waals surface area contributed by atoms with Gasteiger partial charge in [0.1, 0.15) is 12.2 Å². The predicted molar refractivity (Wildman–Crippen MR) is 109 cm³/mol. The van der Waals surface area contributed by atoms with Crippen LogP contribution in [0.25, 0.3) is 11.0 Å². The molecule has 1 heterocycles. The summed E-state index contributed by atoms with van der Waals surface area (Å²) in [6.07, 6.45) is 0. The van der Waals surface area contributed by atoms with Gasteiger partial charge in [-0.15, -0.1) is 0 Å². The van der Waals surface area contributed by atoms with Crippen LogP contribution < -0.4 is 0 Å². The number of furan rings is 1. The molecule has 1 aromatic heterocycles. The lowest BCUT2D eigenvalue weighted by Gasteiger charge is -2.06. The van der Waals surface area contributed by atoms with Gasteiger partial charge in [0.2, 0.25) is 0 Å². The monoisotopic (exact) mass is 375 g/mol. The Balaban J connectivity index is 1.70. The van der Waals surface area contributed by atoms with Gasteiger partial charge in [0.25, 0.3) is 0 Å². The van der Waals surface area contributed by atoms with E-state index in [0.717, 1.165) is 33.4 Å². The minimum absolute atomic E-state index is 0.354. The van der Waals surface area contributed by atoms with Crippen molar-refractivity contribution in [2.24, 2.45) is 5.16 Å². The van der Waals surface area contributed by atoms with Crippen molar-refractivity contribution in [2.45, 2.75) is 13.5 Å². The molecule has 0 saturated carbocycles. The molecule has 0 aliphatic rings. The summed E-state index contributed by atoms with van der Waals surface area (Å²) in [5, 5.41) is 6.20. The Hall–Kier alpha value is -3.04. The summed E-state index contributed by atoms with van der Waals surface area (Å²) in [6, 6.07) is 25.4. The lowest BCUT2D eigenvalue weighted by Crippen LogP contribution is -2.05. The van der Waals surface area contributed by atoms with E-state index in [2.05, 4.69) is 11.2 Å². The van der Waals surface area contributed by atoms with Crippen molar-refractivity contribution in [2.75, 3.05) is 0 Å². The molecule has 0 aliphatic carbocycles. The third-order valence-electron chi connectivity index (χ3n) is 4.41. The molecule has 3 aromatic carbocycles. The van der Waals surface area contributed by atoms with Crippen LogP contribution in [0.1, 0.15) is 22.5 Å². The van der Waals surface area contributed by atoms with Crippen molar-refractivity contribution in [1.29, 1.82) is 0 Å². The van der Waals surface area contributed by atoms with E-state index < -0.39 is 0 Å². The lowest BCUT2D eigenvalue weighted by molar-refractivity contribution is 0.130. The Morgan fingerprint density at radius 1 is 0.926 bits per heavy atom. The molecule has 4 heteroatoms. The first-order chi connectivity index (χ1) is 13.2. The number of oxime groups is 1. The number of hydrogen-bond acceptors (Lipinski definition) is 3. The van der Waals surface area contributed by atoms with Crippen molar-refractivity contribution < 1.29 is 9.25 Å². The Morgan fingerprint density at radius 2 is 1.63 bits per heavy atom. The Kier molecular flexibility index (Phi) is 4.95. The van der Waals surface area contributed by atoms with Crippen LogP contribution in [0.4, 0.5) is 0 Å². The van der Waals surface area contributed by atoms with Gasteiger partial charge in [0.05, 0.1) is 0 Å². The number of rotatable bonds is 5. The molecular weight excluding hydrogens is 358 g/mol. The average Bonchev–Trinajstić information content (AvgIpc) is 3.04. The summed E-state index contributed by atoms with van der Waals surface area (Å²) in [5.74, 6) is 0.721. The first kappa shape index (κ1) is 17.4. The number of benzene rings is 3. The van der Waals surface area contributed by atoms with Gasteiger partial charge < -0.3 is 9.25 Å². The lowest BCUT2D eigenvalue weighted by atomic mass is 10.0. The van der Waals surface area contributed by atoms with E-state index in [9.17, 15) is 0 Å². The zero-order valence-corrected chi connectivity index (χ0v) is 15.6. The third kappa shape index (κ3) is 3.74. The van der Waals surface area contributed by atoms with Gasteiger partial charge in [-0.25, -0.2) is 0 Å². The minimum Gasteiger partial charge on any atom is -0.454 e. The summed E-state index contributed by atoms with van der Waals surface area (Å²) in [5.41, 5.74) is 4.50. The van der Waals surface area contributed by atoms with Gasteiger partial charge in [-0.1, -0.05) is 77.4 Å². The highest BCUT2D eigenvalue weighted by molar-refractivity contribution is 6.30. The number of fused-ring (bicyclic) bond motifs is 1. The molecule has 4 rings (SSSR count). The van der Waals surface area contributed by atoms with Crippen molar-refractivity contribution in [3.8, 4) is 0 Å². The molecule has 27 heavy (non-hydrogen) atoms. The fraction of sp³-hybridized carbons (Fsp3) is 0.0870. The Bertz CT molecular complexity index is 1080. The second-order valence-electron chi connectivity index (χ2n) is 6.26. The zero-order chi connectivity index (χ0) is 18.6. The van der Waals surface area contributed by atoms with Gasteiger partial charge >= 0.3 is 0 Å². The normalized spacial score (nSPS) is 11.7. The summed E-state index contributed by atoms with van der Waals surface area (Å²) in [6.45, 7) is 2.39. The maximum atomic E-state index is 6.11. The van der Waals surface area contributed by atoms with Crippen LogP contribution in [0, 0.1) is 6.92 Å². The molecule has 0 amide bonds.